The van der Waals surface area contributed by atoms with Gasteiger partial charge in [0, 0.05) is 38.4 Å². The molecule has 0 bridgehead atoms. The molecule has 1 N–H and O–H groups in total. The van der Waals surface area contributed by atoms with Gasteiger partial charge in [-0.15, -0.1) is 0 Å². The normalized spacial score (nSPS) is 25.1. The molecule has 1 amide bonds. The van der Waals surface area contributed by atoms with Crippen LogP contribution in [-0.4, -0.2) is 40.5 Å². The molecule has 0 aromatic carbocycles. The van der Waals surface area contributed by atoms with E-state index in [0.29, 0.717) is 22.8 Å². The van der Waals surface area contributed by atoms with Crippen LogP contribution in [-0.2, 0) is 7.05 Å². The van der Waals surface area contributed by atoms with Crippen LogP contribution in [0.5, 0.6) is 0 Å². The van der Waals surface area contributed by atoms with Crippen LogP contribution in [0.3, 0.4) is 0 Å². The second-order valence-corrected chi connectivity index (χ2v) is 5.27. The third kappa shape index (κ3) is 2.64. The number of halogens is 1. The summed E-state index contributed by atoms with van der Waals surface area (Å²) in [5, 5.41) is 4.01. The van der Waals surface area contributed by atoms with Crippen molar-refractivity contribution in [1.29, 1.82) is 0 Å². The SMILES string of the molecule is C[C@@H]1CN(C(=O)c2cc(Cl)cn2C)C[C@@H](C)N1. The molecule has 4 nitrogen and oxygen atoms in total. The lowest BCUT2D eigenvalue weighted by atomic mass is 10.1. The molecule has 0 aliphatic carbocycles. The Morgan fingerprint density at radius 3 is 2.47 bits per heavy atom. The molecule has 1 aliphatic rings. The van der Waals surface area contributed by atoms with E-state index in [0.717, 1.165) is 13.1 Å². The molecule has 1 aliphatic heterocycles. The Bertz CT molecular complexity index is 419. The number of amides is 1. The minimum atomic E-state index is 0.0552. The van der Waals surface area contributed by atoms with Gasteiger partial charge in [0.25, 0.3) is 5.91 Å². The maximum absolute atomic E-state index is 12.3. The zero-order valence-corrected chi connectivity index (χ0v) is 11.2. The summed E-state index contributed by atoms with van der Waals surface area (Å²) < 4.78 is 1.78. The van der Waals surface area contributed by atoms with Crippen LogP contribution in [0.4, 0.5) is 0 Å². The first-order valence-corrected chi connectivity index (χ1v) is 6.22. The van der Waals surface area contributed by atoms with Crippen LogP contribution >= 0.6 is 11.6 Å². The van der Waals surface area contributed by atoms with E-state index in [1.807, 2.05) is 11.9 Å². The van der Waals surface area contributed by atoms with Gasteiger partial charge in [0.05, 0.1) is 5.02 Å². The van der Waals surface area contributed by atoms with Gasteiger partial charge in [0.1, 0.15) is 5.69 Å². The monoisotopic (exact) mass is 255 g/mol. The summed E-state index contributed by atoms with van der Waals surface area (Å²) in [5.41, 5.74) is 0.649. The van der Waals surface area contributed by atoms with Gasteiger partial charge >= 0.3 is 0 Å². The number of nitrogens with one attached hydrogen (secondary N) is 1. The van der Waals surface area contributed by atoms with Crippen molar-refractivity contribution in [3.63, 3.8) is 0 Å². The molecule has 0 saturated carbocycles. The Hall–Kier alpha value is -1.00. The van der Waals surface area contributed by atoms with E-state index in [2.05, 4.69) is 19.2 Å². The van der Waals surface area contributed by atoms with Crippen LogP contribution < -0.4 is 5.32 Å². The van der Waals surface area contributed by atoms with Gasteiger partial charge in [-0.2, -0.15) is 0 Å². The van der Waals surface area contributed by atoms with Gasteiger partial charge in [-0.05, 0) is 19.9 Å². The summed E-state index contributed by atoms with van der Waals surface area (Å²) in [6.07, 6.45) is 1.75. The summed E-state index contributed by atoms with van der Waals surface area (Å²) in [6, 6.07) is 2.39. The molecule has 94 valence electrons. The maximum atomic E-state index is 12.3. The van der Waals surface area contributed by atoms with Crippen molar-refractivity contribution in [1.82, 2.24) is 14.8 Å². The van der Waals surface area contributed by atoms with E-state index in [1.54, 1.807) is 16.8 Å². The third-order valence-corrected chi connectivity index (χ3v) is 3.24. The molecule has 2 atom stereocenters. The average molecular weight is 256 g/mol. The van der Waals surface area contributed by atoms with Crippen LogP contribution in [0.15, 0.2) is 12.3 Å². The smallest absolute Gasteiger partial charge is 0.270 e. The quantitative estimate of drug-likeness (QED) is 0.826. The Morgan fingerprint density at radius 2 is 2.00 bits per heavy atom. The first kappa shape index (κ1) is 12.5. The summed E-state index contributed by atoms with van der Waals surface area (Å²) in [7, 11) is 1.84. The highest BCUT2D eigenvalue weighted by Gasteiger charge is 2.26. The van der Waals surface area contributed by atoms with Crippen LogP contribution in [0.25, 0.3) is 0 Å². The van der Waals surface area contributed by atoms with Gasteiger partial charge in [0.2, 0.25) is 0 Å². The fourth-order valence-electron chi connectivity index (χ4n) is 2.39. The number of carbonyl (C=O) groups excluding carboxylic acids is 1. The molecule has 1 saturated heterocycles. The molecule has 2 rings (SSSR count). The predicted molar refractivity (Wildman–Crippen MR) is 68.4 cm³/mol. The number of rotatable bonds is 1. The third-order valence-electron chi connectivity index (χ3n) is 3.04. The first-order valence-electron chi connectivity index (χ1n) is 5.84. The summed E-state index contributed by atoms with van der Waals surface area (Å²) in [4.78, 5) is 14.2. The summed E-state index contributed by atoms with van der Waals surface area (Å²) in [6.45, 7) is 5.67. The van der Waals surface area contributed by atoms with E-state index in [9.17, 15) is 4.79 Å². The standard InChI is InChI=1S/C12H18ClN3O/c1-8-5-16(6-9(2)14-8)12(17)11-4-10(13)7-15(11)3/h4,7-9,14H,5-6H2,1-3H3/t8-,9-/m1/s1. The number of hydrogen-bond acceptors (Lipinski definition) is 2. The highest BCUT2D eigenvalue weighted by molar-refractivity contribution is 6.31. The van der Waals surface area contributed by atoms with Crippen molar-refractivity contribution < 1.29 is 4.79 Å². The topological polar surface area (TPSA) is 37.3 Å². The number of hydrogen-bond donors (Lipinski definition) is 1. The molecule has 17 heavy (non-hydrogen) atoms. The number of carbonyl (C=O) groups is 1. The summed E-state index contributed by atoms with van der Waals surface area (Å²) >= 11 is 5.90. The molecule has 0 unspecified atom stereocenters. The van der Waals surface area contributed by atoms with E-state index >= 15 is 0 Å². The molecule has 2 heterocycles. The van der Waals surface area contributed by atoms with Gasteiger partial charge in [-0.1, -0.05) is 11.6 Å². The molecule has 0 radical (unpaired) electrons. The zero-order chi connectivity index (χ0) is 12.6. The number of aromatic nitrogens is 1. The Labute approximate surface area is 107 Å². The van der Waals surface area contributed by atoms with Crippen LogP contribution in [0, 0.1) is 0 Å². The van der Waals surface area contributed by atoms with E-state index in [4.69, 9.17) is 11.6 Å². The molecule has 0 spiro atoms. The lowest BCUT2D eigenvalue weighted by Gasteiger charge is -2.36. The molecular formula is C12H18ClN3O. The number of nitrogens with zero attached hydrogens (tertiary/aromatic N) is 2. The fraction of sp³-hybridized carbons (Fsp3) is 0.583. The zero-order valence-electron chi connectivity index (χ0n) is 10.4. The maximum Gasteiger partial charge on any atom is 0.270 e. The lowest BCUT2D eigenvalue weighted by Crippen LogP contribution is -2.56. The lowest BCUT2D eigenvalue weighted by molar-refractivity contribution is 0.0664. The minimum Gasteiger partial charge on any atom is -0.345 e. The van der Waals surface area contributed by atoms with Gasteiger partial charge in [-0.3, -0.25) is 4.79 Å². The molecule has 1 fully saturated rings. The highest BCUT2D eigenvalue weighted by atomic mass is 35.5. The first-order chi connectivity index (χ1) is 7.97. The van der Waals surface area contributed by atoms with Gasteiger partial charge in [-0.25, -0.2) is 0 Å². The highest BCUT2D eigenvalue weighted by Crippen LogP contribution is 2.16. The molecule has 1 aromatic heterocycles. The van der Waals surface area contributed by atoms with Gasteiger partial charge in [0.15, 0.2) is 0 Å². The average Bonchev–Trinajstić information content (AvgIpc) is 2.55. The van der Waals surface area contributed by atoms with Crippen molar-refractivity contribution in [2.24, 2.45) is 7.05 Å². The Balaban J connectivity index is 2.17. The largest absolute Gasteiger partial charge is 0.345 e. The molecular weight excluding hydrogens is 238 g/mol. The molecule has 1 aromatic rings. The van der Waals surface area contributed by atoms with Crippen molar-refractivity contribution in [3.8, 4) is 0 Å². The van der Waals surface area contributed by atoms with Crippen LogP contribution in [0.1, 0.15) is 24.3 Å². The number of aryl methyl sites for hydroxylation is 1. The van der Waals surface area contributed by atoms with Crippen LogP contribution in [0.2, 0.25) is 5.02 Å². The van der Waals surface area contributed by atoms with Gasteiger partial charge < -0.3 is 14.8 Å². The minimum absolute atomic E-state index is 0.0552. The van der Waals surface area contributed by atoms with E-state index < -0.39 is 0 Å². The second kappa shape index (κ2) is 4.70. The molecule has 5 heteroatoms. The van der Waals surface area contributed by atoms with E-state index in [1.165, 1.54) is 0 Å². The Morgan fingerprint density at radius 1 is 1.41 bits per heavy atom. The van der Waals surface area contributed by atoms with Crippen molar-refractivity contribution in [3.05, 3.63) is 23.0 Å². The number of piperazine rings is 1. The van der Waals surface area contributed by atoms with Crippen molar-refractivity contribution in [2.45, 2.75) is 25.9 Å². The summed E-state index contributed by atoms with van der Waals surface area (Å²) in [5.74, 6) is 0.0552. The van der Waals surface area contributed by atoms with E-state index in [-0.39, 0.29) is 5.91 Å². The predicted octanol–water partition coefficient (Wildman–Crippen LogP) is 1.50. The second-order valence-electron chi connectivity index (χ2n) is 4.83. The fourth-order valence-corrected chi connectivity index (χ4v) is 2.64. The van der Waals surface area contributed by atoms with Crippen molar-refractivity contribution >= 4 is 17.5 Å². The van der Waals surface area contributed by atoms with Crippen molar-refractivity contribution in [2.75, 3.05) is 13.1 Å². The Kier molecular flexibility index (Phi) is 3.45.